The number of benzene rings is 3. The van der Waals surface area contributed by atoms with E-state index in [-0.39, 0.29) is 30.8 Å². The minimum Gasteiger partial charge on any atom is -0.445 e. The maximum Gasteiger partial charge on any atom is 0.410 e. The molecule has 1 fully saturated rings. The van der Waals surface area contributed by atoms with E-state index in [4.69, 9.17) is 27.9 Å². The van der Waals surface area contributed by atoms with Crippen LogP contribution in [0.5, 0.6) is 0 Å². The second-order valence-corrected chi connectivity index (χ2v) is 9.21. The first-order chi connectivity index (χ1) is 16.4. The molecule has 1 heterocycles. The highest BCUT2D eigenvalue weighted by atomic mass is 35.5. The van der Waals surface area contributed by atoms with Gasteiger partial charge in [0.1, 0.15) is 12.4 Å². The van der Waals surface area contributed by atoms with Gasteiger partial charge in [0.15, 0.2) is 0 Å². The van der Waals surface area contributed by atoms with Crippen molar-refractivity contribution in [3.63, 3.8) is 0 Å². The van der Waals surface area contributed by atoms with Crippen LogP contribution in [0.2, 0.25) is 10.0 Å². The van der Waals surface area contributed by atoms with Gasteiger partial charge < -0.3 is 14.7 Å². The van der Waals surface area contributed by atoms with E-state index in [0.717, 1.165) is 11.1 Å². The molecule has 1 N–H and O–H groups in total. The van der Waals surface area contributed by atoms with E-state index in [1.54, 1.807) is 12.1 Å². The summed E-state index contributed by atoms with van der Waals surface area (Å²) < 4.78 is 19.5. The first-order valence-electron chi connectivity index (χ1n) is 10.9. The van der Waals surface area contributed by atoms with Gasteiger partial charge in [-0.25, -0.2) is 9.18 Å². The summed E-state index contributed by atoms with van der Waals surface area (Å²) in [4.78, 5) is 16.2. The van der Waals surface area contributed by atoms with Crippen LogP contribution in [0.15, 0.2) is 72.8 Å². The normalized spacial score (nSPS) is 17.9. The van der Waals surface area contributed by atoms with E-state index in [0.29, 0.717) is 23.7 Å². The average Bonchev–Trinajstić information content (AvgIpc) is 3.22. The highest BCUT2D eigenvalue weighted by molar-refractivity contribution is 6.30. The summed E-state index contributed by atoms with van der Waals surface area (Å²) in [5.41, 5.74) is 2.54. The molecule has 1 amide bonds. The summed E-state index contributed by atoms with van der Waals surface area (Å²) in [5, 5.41) is 11.5. The minimum atomic E-state index is -0.791. The zero-order valence-corrected chi connectivity index (χ0v) is 19.9. The molecule has 1 aliphatic heterocycles. The van der Waals surface area contributed by atoms with E-state index in [9.17, 15) is 14.3 Å². The standard InChI is InChI=1S/C26H25Cl2FN2O3/c27-21-8-4-7-19(11-21)13-30(14-20-9-10-22(28)23(29)12-20)24-15-31(16-25(24)32)26(33)34-17-18-5-2-1-3-6-18/h1-12,24-25,32H,13-17H2/t24-,25-/m1/s1. The maximum atomic E-state index is 14.1. The lowest BCUT2D eigenvalue weighted by atomic mass is 10.1. The van der Waals surface area contributed by atoms with Crippen molar-refractivity contribution in [1.29, 1.82) is 0 Å². The Balaban J connectivity index is 1.48. The van der Waals surface area contributed by atoms with Crippen molar-refractivity contribution in [2.75, 3.05) is 13.1 Å². The van der Waals surface area contributed by atoms with Crippen LogP contribution in [0.4, 0.5) is 9.18 Å². The zero-order valence-electron chi connectivity index (χ0n) is 18.4. The van der Waals surface area contributed by atoms with Crippen molar-refractivity contribution >= 4 is 29.3 Å². The highest BCUT2D eigenvalue weighted by Crippen LogP contribution is 2.25. The molecule has 34 heavy (non-hydrogen) atoms. The number of hydrogen-bond donors (Lipinski definition) is 1. The Kier molecular flexibility index (Phi) is 8.06. The number of hydrogen-bond acceptors (Lipinski definition) is 4. The van der Waals surface area contributed by atoms with Crippen LogP contribution in [0.3, 0.4) is 0 Å². The van der Waals surface area contributed by atoms with Crippen molar-refractivity contribution in [3.05, 3.63) is 105 Å². The molecule has 8 heteroatoms. The van der Waals surface area contributed by atoms with Crippen LogP contribution >= 0.6 is 23.2 Å². The minimum absolute atomic E-state index is 0.0541. The summed E-state index contributed by atoms with van der Waals surface area (Å²) >= 11 is 12.0. The smallest absolute Gasteiger partial charge is 0.410 e. The molecule has 3 aromatic rings. The van der Waals surface area contributed by atoms with Crippen molar-refractivity contribution in [3.8, 4) is 0 Å². The molecule has 5 nitrogen and oxygen atoms in total. The molecular formula is C26H25Cl2FN2O3. The number of amides is 1. The number of rotatable bonds is 7. The van der Waals surface area contributed by atoms with Gasteiger partial charge in [0.25, 0.3) is 0 Å². The number of ether oxygens (including phenoxy) is 1. The Labute approximate surface area is 208 Å². The van der Waals surface area contributed by atoms with Crippen LogP contribution in [0.25, 0.3) is 0 Å². The van der Waals surface area contributed by atoms with Crippen molar-refractivity contribution in [2.24, 2.45) is 0 Å². The van der Waals surface area contributed by atoms with Crippen molar-refractivity contribution in [2.45, 2.75) is 31.8 Å². The lowest BCUT2D eigenvalue weighted by molar-refractivity contribution is 0.0728. The lowest BCUT2D eigenvalue weighted by Gasteiger charge is -2.31. The topological polar surface area (TPSA) is 53.0 Å². The Morgan fingerprint density at radius 3 is 2.38 bits per heavy atom. The SMILES string of the molecule is O=C(OCc1ccccc1)N1C[C@@H](O)[C@H](N(Cc2cccc(Cl)c2)Cc2ccc(Cl)c(F)c2)C1. The summed E-state index contributed by atoms with van der Waals surface area (Å²) in [6.07, 6.45) is -1.27. The van der Waals surface area contributed by atoms with Gasteiger partial charge in [0.2, 0.25) is 0 Å². The van der Waals surface area contributed by atoms with Crippen LogP contribution in [0.1, 0.15) is 16.7 Å². The van der Waals surface area contributed by atoms with Gasteiger partial charge in [0.05, 0.1) is 23.7 Å². The molecular weight excluding hydrogens is 478 g/mol. The zero-order chi connectivity index (χ0) is 24.1. The molecule has 4 rings (SSSR count). The molecule has 0 aliphatic carbocycles. The third kappa shape index (κ3) is 6.27. The number of likely N-dealkylation sites (tertiary alicyclic amines) is 1. The number of aliphatic hydroxyl groups excluding tert-OH is 1. The summed E-state index contributed by atoms with van der Waals surface area (Å²) in [5.74, 6) is -0.500. The molecule has 1 saturated heterocycles. The van der Waals surface area contributed by atoms with Gasteiger partial charge in [-0.2, -0.15) is 0 Å². The van der Waals surface area contributed by atoms with Gasteiger partial charge in [-0.3, -0.25) is 4.90 Å². The van der Waals surface area contributed by atoms with E-state index >= 15 is 0 Å². The lowest BCUT2D eigenvalue weighted by Crippen LogP contribution is -2.42. The molecule has 0 radical (unpaired) electrons. The van der Waals surface area contributed by atoms with Gasteiger partial charge >= 0.3 is 6.09 Å². The summed E-state index contributed by atoms with van der Waals surface area (Å²) in [6, 6.07) is 21.1. The Morgan fingerprint density at radius 1 is 0.971 bits per heavy atom. The number of carbonyl (C=O) groups excluding carboxylic acids is 1. The Bertz CT molecular complexity index is 1130. The van der Waals surface area contributed by atoms with E-state index in [2.05, 4.69) is 0 Å². The van der Waals surface area contributed by atoms with Crippen molar-refractivity contribution < 1.29 is 19.0 Å². The molecule has 3 aromatic carbocycles. The molecule has 0 saturated carbocycles. The van der Waals surface area contributed by atoms with Gasteiger partial charge in [-0.05, 0) is 41.0 Å². The second kappa shape index (κ2) is 11.2. The van der Waals surface area contributed by atoms with Gasteiger partial charge in [-0.15, -0.1) is 0 Å². The van der Waals surface area contributed by atoms with Crippen LogP contribution in [0, 0.1) is 5.82 Å². The molecule has 0 aromatic heterocycles. The maximum absolute atomic E-state index is 14.1. The Morgan fingerprint density at radius 2 is 1.68 bits per heavy atom. The molecule has 0 bridgehead atoms. The molecule has 2 atom stereocenters. The Hall–Kier alpha value is -2.64. The molecule has 178 valence electrons. The summed E-state index contributed by atoms with van der Waals surface area (Å²) in [7, 11) is 0. The van der Waals surface area contributed by atoms with Crippen LogP contribution < -0.4 is 0 Å². The fraction of sp³-hybridized carbons (Fsp3) is 0.269. The quantitative estimate of drug-likeness (QED) is 0.462. The van der Waals surface area contributed by atoms with Crippen LogP contribution in [-0.2, 0) is 24.4 Å². The molecule has 1 aliphatic rings. The third-order valence-corrected chi connectivity index (χ3v) is 6.38. The van der Waals surface area contributed by atoms with Gasteiger partial charge in [0, 0.05) is 24.7 Å². The first kappa shape index (κ1) is 24.5. The van der Waals surface area contributed by atoms with Gasteiger partial charge in [-0.1, -0.05) is 71.7 Å². The predicted molar refractivity (Wildman–Crippen MR) is 130 cm³/mol. The first-order valence-corrected chi connectivity index (χ1v) is 11.7. The number of carbonyl (C=O) groups is 1. The van der Waals surface area contributed by atoms with Crippen LogP contribution in [-0.4, -0.2) is 46.2 Å². The molecule has 0 unspecified atom stereocenters. The predicted octanol–water partition coefficient (Wildman–Crippen LogP) is 5.52. The fourth-order valence-corrected chi connectivity index (χ4v) is 4.45. The summed E-state index contributed by atoms with van der Waals surface area (Å²) in [6.45, 7) is 1.41. The van der Waals surface area contributed by atoms with E-state index < -0.39 is 18.0 Å². The number of nitrogens with zero attached hydrogens (tertiary/aromatic N) is 2. The van der Waals surface area contributed by atoms with Crippen molar-refractivity contribution in [1.82, 2.24) is 9.80 Å². The monoisotopic (exact) mass is 502 g/mol. The highest BCUT2D eigenvalue weighted by Gasteiger charge is 2.38. The largest absolute Gasteiger partial charge is 0.445 e. The fourth-order valence-electron chi connectivity index (χ4n) is 4.12. The van der Waals surface area contributed by atoms with E-state index in [1.807, 2.05) is 53.4 Å². The second-order valence-electron chi connectivity index (χ2n) is 8.36. The number of aliphatic hydroxyl groups is 1. The third-order valence-electron chi connectivity index (χ3n) is 5.84. The number of halogens is 3. The van der Waals surface area contributed by atoms with E-state index in [1.165, 1.54) is 17.0 Å². The molecule has 0 spiro atoms. The number of β-amino-alcohol motifs (C(OH)–C–C–N with tert-alkyl or cyclic N) is 1. The average molecular weight is 503 g/mol.